The van der Waals surface area contributed by atoms with Gasteiger partial charge in [-0.05, 0) is 38.0 Å². The lowest BCUT2D eigenvalue weighted by molar-refractivity contribution is -0.123. The second-order valence-corrected chi connectivity index (χ2v) is 7.99. The molecule has 0 saturated carbocycles. The summed E-state index contributed by atoms with van der Waals surface area (Å²) in [6, 6.07) is 5.49. The topological polar surface area (TPSA) is 108 Å². The first-order valence-electron chi connectivity index (χ1n) is 9.81. The Kier molecular flexibility index (Phi) is 4.77. The normalized spacial score (nSPS) is 19.6. The van der Waals surface area contributed by atoms with Crippen molar-refractivity contribution >= 4 is 40.1 Å². The minimum absolute atomic E-state index is 0.00762. The lowest BCUT2D eigenvalue weighted by Crippen LogP contribution is -2.49. The van der Waals surface area contributed by atoms with Gasteiger partial charge in [-0.15, -0.1) is 0 Å². The molecule has 1 aromatic heterocycles. The predicted molar refractivity (Wildman–Crippen MR) is 108 cm³/mol. The zero-order chi connectivity index (χ0) is 20.8. The van der Waals surface area contributed by atoms with Crippen molar-refractivity contribution in [2.24, 2.45) is 7.05 Å². The number of aliphatic hydroxyl groups is 1. The summed E-state index contributed by atoms with van der Waals surface area (Å²) in [4.78, 5) is 38.7. The molecule has 4 rings (SSSR count). The molecule has 3 amide bonds. The SMILES string of the molecule is CC(=O)CC1(O)CCN(c2ccc3c(N4CCC(=O)NC4=O)nn(C)c3c2)CC1. The van der Waals surface area contributed by atoms with Gasteiger partial charge in [-0.25, -0.2) is 4.79 Å². The molecule has 9 nitrogen and oxygen atoms in total. The lowest BCUT2D eigenvalue weighted by atomic mass is 9.86. The summed E-state index contributed by atoms with van der Waals surface area (Å²) in [6.45, 7) is 3.14. The largest absolute Gasteiger partial charge is 0.389 e. The number of anilines is 2. The molecule has 2 aliphatic heterocycles. The minimum atomic E-state index is -0.912. The van der Waals surface area contributed by atoms with Gasteiger partial charge >= 0.3 is 6.03 Å². The predicted octanol–water partition coefficient (Wildman–Crippen LogP) is 1.33. The number of aromatic nitrogens is 2. The van der Waals surface area contributed by atoms with Crippen LogP contribution in [0, 0.1) is 0 Å². The van der Waals surface area contributed by atoms with E-state index in [-0.39, 0.29) is 24.5 Å². The number of aryl methyl sites for hydroxylation is 1. The number of nitrogens with one attached hydrogen (secondary N) is 1. The van der Waals surface area contributed by atoms with Crippen LogP contribution >= 0.6 is 0 Å². The first-order valence-corrected chi connectivity index (χ1v) is 9.81. The number of imide groups is 1. The fraction of sp³-hybridized carbons (Fsp3) is 0.500. The Balaban J connectivity index is 1.57. The molecule has 2 saturated heterocycles. The third-order valence-electron chi connectivity index (χ3n) is 5.76. The monoisotopic (exact) mass is 399 g/mol. The fourth-order valence-corrected chi connectivity index (χ4v) is 4.21. The molecule has 2 N–H and O–H groups in total. The van der Waals surface area contributed by atoms with Crippen molar-refractivity contribution in [3.8, 4) is 0 Å². The molecule has 0 aliphatic carbocycles. The molecule has 2 fully saturated rings. The van der Waals surface area contributed by atoms with E-state index in [9.17, 15) is 19.5 Å². The number of Topliss-reactive ketones (excluding diaryl/α,β-unsaturated/α-hetero) is 1. The molecule has 0 atom stereocenters. The number of carbonyl (C=O) groups excluding carboxylic acids is 3. The fourth-order valence-electron chi connectivity index (χ4n) is 4.21. The van der Waals surface area contributed by atoms with Crippen molar-refractivity contribution in [1.29, 1.82) is 0 Å². The van der Waals surface area contributed by atoms with Gasteiger partial charge < -0.3 is 10.0 Å². The van der Waals surface area contributed by atoms with E-state index in [1.54, 1.807) is 4.68 Å². The Morgan fingerprint density at radius 3 is 2.62 bits per heavy atom. The maximum Gasteiger partial charge on any atom is 0.329 e. The van der Waals surface area contributed by atoms with Crippen LogP contribution in [0.15, 0.2) is 18.2 Å². The number of rotatable bonds is 4. The maximum atomic E-state index is 12.2. The number of piperidine rings is 1. The molecule has 154 valence electrons. The van der Waals surface area contributed by atoms with E-state index in [0.29, 0.717) is 38.3 Å². The molecule has 0 bridgehead atoms. The van der Waals surface area contributed by atoms with Gasteiger partial charge in [-0.3, -0.25) is 24.5 Å². The molecule has 2 aromatic rings. The lowest BCUT2D eigenvalue weighted by Gasteiger charge is -2.39. The van der Waals surface area contributed by atoms with Crippen molar-refractivity contribution in [2.75, 3.05) is 29.4 Å². The summed E-state index contributed by atoms with van der Waals surface area (Å²) >= 11 is 0. The van der Waals surface area contributed by atoms with Gasteiger partial charge in [-0.1, -0.05) is 0 Å². The first kappa shape index (κ1) is 19.4. The van der Waals surface area contributed by atoms with Crippen LogP contribution < -0.4 is 15.1 Å². The number of ketones is 1. The molecule has 0 radical (unpaired) electrons. The van der Waals surface area contributed by atoms with Crippen LogP contribution in [0.4, 0.5) is 16.3 Å². The van der Waals surface area contributed by atoms with E-state index in [2.05, 4.69) is 15.3 Å². The molecule has 2 aliphatic rings. The molecule has 0 unspecified atom stereocenters. The van der Waals surface area contributed by atoms with Gasteiger partial charge in [0.05, 0.1) is 11.1 Å². The summed E-state index contributed by atoms with van der Waals surface area (Å²) in [5.74, 6) is 0.269. The van der Waals surface area contributed by atoms with Crippen molar-refractivity contribution in [3.63, 3.8) is 0 Å². The van der Waals surface area contributed by atoms with E-state index in [1.807, 2.05) is 25.2 Å². The zero-order valence-corrected chi connectivity index (χ0v) is 16.6. The summed E-state index contributed by atoms with van der Waals surface area (Å²) < 4.78 is 1.73. The number of nitrogens with zero attached hydrogens (tertiary/aromatic N) is 4. The second kappa shape index (κ2) is 7.14. The summed E-state index contributed by atoms with van der Waals surface area (Å²) in [5.41, 5.74) is 0.979. The number of hydrogen-bond acceptors (Lipinski definition) is 6. The average molecular weight is 399 g/mol. The third-order valence-corrected chi connectivity index (χ3v) is 5.76. The number of urea groups is 1. The number of fused-ring (bicyclic) bond motifs is 1. The standard InChI is InChI=1S/C20H25N5O4/c1-13(26)12-20(29)6-9-24(10-7-20)14-3-4-15-16(11-14)23(2)22-18(15)25-8-5-17(27)21-19(25)28/h3-4,11,29H,5-10,12H2,1-2H3,(H,21,27,28). The van der Waals surface area contributed by atoms with Crippen LogP contribution in [-0.4, -0.2) is 57.8 Å². The molecular formula is C20H25N5O4. The second-order valence-electron chi connectivity index (χ2n) is 7.99. The highest BCUT2D eigenvalue weighted by atomic mass is 16.3. The van der Waals surface area contributed by atoms with Gasteiger partial charge in [-0.2, -0.15) is 5.10 Å². The van der Waals surface area contributed by atoms with Crippen LogP contribution in [0.1, 0.15) is 32.6 Å². The number of hydrogen-bond donors (Lipinski definition) is 2. The van der Waals surface area contributed by atoms with Gasteiger partial charge in [0.2, 0.25) is 5.91 Å². The molecule has 9 heteroatoms. The van der Waals surface area contributed by atoms with Gasteiger partial charge in [0.25, 0.3) is 0 Å². The van der Waals surface area contributed by atoms with E-state index >= 15 is 0 Å². The van der Waals surface area contributed by atoms with E-state index in [0.717, 1.165) is 16.6 Å². The van der Waals surface area contributed by atoms with E-state index in [4.69, 9.17) is 0 Å². The van der Waals surface area contributed by atoms with E-state index < -0.39 is 11.6 Å². The number of amides is 3. The average Bonchev–Trinajstić information content (AvgIpc) is 2.97. The van der Waals surface area contributed by atoms with Crippen molar-refractivity contribution in [1.82, 2.24) is 15.1 Å². The van der Waals surface area contributed by atoms with Crippen LogP contribution in [0.25, 0.3) is 10.9 Å². The summed E-state index contributed by atoms with van der Waals surface area (Å²) in [7, 11) is 1.82. The quantitative estimate of drug-likeness (QED) is 0.803. The van der Waals surface area contributed by atoms with Gasteiger partial charge in [0.15, 0.2) is 5.82 Å². The molecular weight excluding hydrogens is 374 g/mol. The highest BCUT2D eigenvalue weighted by molar-refractivity contribution is 6.09. The third kappa shape index (κ3) is 3.69. The van der Waals surface area contributed by atoms with Crippen molar-refractivity contribution in [2.45, 2.75) is 38.2 Å². The smallest absolute Gasteiger partial charge is 0.329 e. The Morgan fingerprint density at radius 2 is 1.97 bits per heavy atom. The molecule has 1 aromatic carbocycles. The van der Waals surface area contributed by atoms with Crippen LogP contribution in [0.5, 0.6) is 0 Å². The van der Waals surface area contributed by atoms with Crippen LogP contribution in [-0.2, 0) is 16.6 Å². The van der Waals surface area contributed by atoms with E-state index in [1.165, 1.54) is 11.8 Å². The van der Waals surface area contributed by atoms with Crippen LogP contribution in [0.3, 0.4) is 0 Å². The summed E-state index contributed by atoms with van der Waals surface area (Å²) in [6.07, 6.45) is 1.54. The van der Waals surface area contributed by atoms with Crippen LogP contribution in [0.2, 0.25) is 0 Å². The highest BCUT2D eigenvalue weighted by Gasteiger charge is 2.34. The first-order chi connectivity index (χ1) is 13.8. The molecule has 29 heavy (non-hydrogen) atoms. The molecule has 0 spiro atoms. The van der Waals surface area contributed by atoms with Gasteiger partial charge in [0, 0.05) is 50.6 Å². The number of carbonyl (C=O) groups is 3. The minimum Gasteiger partial charge on any atom is -0.389 e. The molecule has 3 heterocycles. The highest BCUT2D eigenvalue weighted by Crippen LogP contribution is 2.33. The van der Waals surface area contributed by atoms with Crippen molar-refractivity contribution in [3.05, 3.63) is 18.2 Å². The Morgan fingerprint density at radius 1 is 1.24 bits per heavy atom. The Labute approximate surface area is 168 Å². The Hall–Kier alpha value is -2.94. The van der Waals surface area contributed by atoms with Gasteiger partial charge in [0.1, 0.15) is 5.78 Å². The maximum absolute atomic E-state index is 12.2. The summed E-state index contributed by atoms with van der Waals surface area (Å²) in [5, 5.41) is 18.3. The van der Waals surface area contributed by atoms with Crippen molar-refractivity contribution < 1.29 is 19.5 Å². The number of benzene rings is 1. The zero-order valence-electron chi connectivity index (χ0n) is 16.6. The Bertz CT molecular complexity index is 990.